The molecule has 0 aliphatic carbocycles. The van der Waals surface area contributed by atoms with E-state index in [2.05, 4.69) is 20.8 Å². The van der Waals surface area contributed by atoms with Gasteiger partial charge in [-0.2, -0.15) is 5.26 Å². The summed E-state index contributed by atoms with van der Waals surface area (Å²) in [6, 6.07) is 6.29. The van der Waals surface area contributed by atoms with Crippen LogP contribution in [0.15, 0.2) is 22.7 Å². The van der Waals surface area contributed by atoms with Gasteiger partial charge in [0.1, 0.15) is 0 Å². The van der Waals surface area contributed by atoms with Crippen molar-refractivity contribution < 1.29 is 4.74 Å². The maximum atomic E-state index is 9.01. The smallest absolute Gasteiger partial charge is 0.192 e. The molecule has 1 fully saturated rings. The average molecular weight is 320 g/mol. The molecule has 0 aromatic carbocycles. The molecule has 0 radical (unpaired) electrons. The topological polar surface area (TPSA) is 63.7 Å². The summed E-state index contributed by atoms with van der Waals surface area (Å²) in [5, 5.41) is 20.3. The largest absolute Gasteiger partial charge is 0.376 e. The summed E-state index contributed by atoms with van der Waals surface area (Å²) in [6.45, 7) is 3.46. The summed E-state index contributed by atoms with van der Waals surface area (Å²) < 4.78 is 7.84. The Hall–Kier alpha value is -1.36. The van der Waals surface area contributed by atoms with Gasteiger partial charge in [-0.25, -0.2) is 0 Å². The summed E-state index contributed by atoms with van der Waals surface area (Å²) in [7, 11) is 0. The van der Waals surface area contributed by atoms with Gasteiger partial charge in [-0.05, 0) is 31.2 Å². The van der Waals surface area contributed by atoms with E-state index in [9.17, 15) is 0 Å². The Morgan fingerprint density at radius 3 is 3.19 bits per heavy atom. The van der Waals surface area contributed by atoms with Crippen molar-refractivity contribution in [3.05, 3.63) is 17.5 Å². The van der Waals surface area contributed by atoms with Gasteiger partial charge in [-0.15, -0.1) is 21.5 Å². The highest BCUT2D eigenvalue weighted by Gasteiger charge is 2.23. The van der Waals surface area contributed by atoms with E-state index in [4.69, 9.17) is 10.00 Å². The van der Waals surface area contributed by atoms with E-state index in [0.717, 1.165) is 41.9 Å². The molecule has 2 aromatic heterocycles. The average Bonchev–Trinajstić information content (AvgIpc) is 3.21. The van der Waals surface area contributed by atoms with E-state index in [1.54, 1.807) is 11.3 Å². The fourth-order valence-corrected chi connectivity index (χ4v) is 3.77. The Labute approximate surface area is 131 Å². The van der Waals surface area contributed by atoms with Crippen LogP contribution in [0.1, 0.15) is 19.8 Å². The minimum atomic E-state index is -0.145. The van der Waals surface area contributed by atoms with Crippen molar-refractivity contribution in [2.24, 2.45) is 0 Å². The molecule has 110 valence electrons. The lowest BCUT2D eigenvalue weighted by molar-refractivity contribution is 0.0953. The van der Waals surface area contributed by atoms with Gasteiger partial charge >= 0.3 is 0 Å². The lowest BCUT2D eigenvalue weighted by Crippen LogP contribution is -2.17. The van der Waals surface area contributed by atoms with E-state index in [1.807, 2.05) is 24.4 Å². The van der Waals surface area contributed by atoms with Gasteiger partial charge in [0.05, 0.1) is 28.8 Å². The van der Waals surface area contributed by atoms with E-state index < -0.39 is 0 Å². The van der Waals surface area contributed by atoms with Crippen molar-refractivity contribution in [2.75, 3.05) is 6.61 Å². The summed E-state index contributed by atoms with van der Waals surface area (Å²) >= 11 is 3.10. The van der Waals surface area contributed by atoms with Crippen LogP contribution in [0.25, 0.3) is 10.7 Å². The Kier molecular flexibility index (Phi) is 4.58. The number of thiophene rings is 1. The third kappa shape index (κ3) is 3.28. The van der Waals surface area contributed by atoms with Gasteiger partial charge in [0.2, 0.25) is 0 Å². The number of hydrogen-bond donors (Lipinski definition) is 0. The molecule has 7 heteroatoms. The van der Waals surface area contributed by atoms with Crippen LogP contribution in [0.3, 0.4) is 0 Å². The molecule has 1 aliphatic rings. The quantitative estimate of drug-likeness (QED) is 0.792. The van der Waals surface area contributed by atoms with Crippen molar-refractivity contribution in [3.63, 3.8) is 0 Å². The number of thioether (sulfide) groups is 1. The number of aromatic nitrogens is 3. The van der Waals surface area contributed by atoms with E-state index in [1.165, 1.54) is 11.8 Å². The van der Waals surface area contributed by atoms with Crippen molar-refractivity contribution in [2.45, 2.75) is 42.8 Å². The molecule has 0 amide bonds. The zero-order valence-corrected chi connectivity index (χ0v) is 13.4. The monoisotopic (exact) mass is 320 g/mol. The fraction of sp³-hybridized carbons (Fsp3) is 0.500. The highest BCUT2D eigenvalue weighted by molar-refractivity contribution is 8.00. The third-order valence-corrected chi connectivity index (χ3v) is 5.17. The Morgan fingerprint density at radius 2 is 2.52 bits per heavy atom. The van der Waals surface area contributed by atoms with Gasteiger partial charge in [0.25, 0.3) is 0 Å². The molecule has 0 bridgehead atoms. The predicted octanol–water partition coefficient (Wildman–Crippen LogP) is 3.19. The SMILES string of the molecule is C[C@@H](C#N)Sc1nnc(-c2cccs2)n1C[C@H]1CCCO1. The second kappa shape index (κ2) is 6.60. The third-order valence-electron chi connectivity index (χ3n) is 3.33. The molecule has 0 spiro atoms. The second-order valence-corrected chi connectivity index (χ2v) is 7.17. The summed E-state index contributed by atoms with van der Waals surface area (Å²) in [6.07, 6.45) is 2.40. The summed E-state index contributed by atoms with van der Waals surface area (Å²) in [5.74, 6) is 0.869. The van der Waals surface area contributed by atoms with Crippen LogP contribution in [-0.4, -0.2) is 32.7 Å². The van der Waals surface area contributed by atoms with Crippen molar-refractivity contribution in [3.8, 4) is 16.8 Å². The van der Waals surface area contributed by atoms with Crippen LogP contribution < -0.4 is 0 Å². The lowest BCUT2D eigenvalue weighted by atomic mass is 10.2. The molecular formula is C14H16N4OS2. The van der Waals surface area contributed by atoms with Crippen LogP contribution in [-0.2, 0) is 11.3 Å². The summed E-state index contributed by atoms with van der Waals surface area (Å²) in [5.41, 5.74) is 0. The van der Waals surface area contributed by atoms with Gasteiger partial charge < -0.3 is 4.74 Å². The highest BCUT2D eigenvalue weighted by atomic mass is 32.2. The number of nitriles is 1. The minimum absolute atomic E-state index is 0.145. The Morgan fingerprint density at radius 1 is 1.62 bits per heavy atom. The molecule has 5 nitrogen and oxygen atoms in total. The van der Waals surface area contributed by atoms with Crippen LogP contribution in [0.4, 0.5) is 0 Å². The molecule has 0 N–H and O–H groups in total. The maximum Gasteiger partial charge on any atom is 0.192 e. The zero-order valence-electron chi connectivity index (χ0n) is 11.7. The standard InChI is InChI=1S/C14H16N4OS2/c1-10(8-15)21-14-17-16-13(12-5-3-7-20-12)18(14)9-11-4-2-6-19-11/h3,5,7,10-11H,2,4,6,9H2,1H3/t10-,11+/m0/s1. The highest BCUT2D eigenvalue weighted by Crippen LogP contribution is 2.30. The Balaban J connectivity index is 1.91. The van der Waals surface area contributed by atoms with Crippen molar-refractivity contribution in [1.82, 2.24) is 14.8 Å². The fourth-order valence-electron chi connectivity index (χ4n) is 2.30. The lowest BCUT2D eigenvalue weighted by Gasteiger charge is -2.14. The molecule has 0 unspecified atom stereocenters. The van der Waals surface area contributed by atoms with E-state index in [-0.39, 0.29) is 11.4 Å². The van der Waals surface area contributed by atoms with Crippen molar-refractivity contribution in [1.29, 1.82) is 5.26 Å². The minimum Gasteiger partial charge on any atom is -0.376 e. The van der Waals surface area contributed by atoms with Crippen LogP contribution in [0.2, 0.25) is 0 Å². The van der Waals surface area contributed by atoms with Gasteiger partial charge in [0.15, 0.2) is 11.0 Å². The van der Waals surface area contributed by atoms with Crippen LogP contribution >= 0.6 is 23.1 Å². The van der Waals surface area contributed by atoms with Crippen molar-refractivity contribution >= 4 is 23.1 Å². The zero-order chi connectivity index (χ0) is 14.7. The number of rotatable bonds is 5. The first kappa shape index (κ1) is 14.6. The second-order valence-electron chi connectivity index (χ2n) is 4.92. The molecule has 2 atom stereocenters. The normalized spacial score (nSPS) is 19.5. The molecule has 3 heterocycles. The molecule has 2 aromatic rings. The first-order valence-electron chi connectivity index (χ1n) is 6.93. The van der Waals surface area contributed by atoms with E-state index >= 15 is 0 Å². The van der Waals surface area contributed by atoms with Gasteiger partial charge in [0, 0.05) is 6.61 Å². The van der Waals surface area contributed by atoms with Crippen LogP contribution in [0.5, 0.6) is 0 Å². The predicted molar refractivity (Wildman–Crippen MR) is 83.2 cm³/mol. The molecule has 0 saturated carbocycles. The molecule has 21 heavy (non-hydrogen) atoms. The molecular weight excluding hydrogens is 304 g/mol. The summed E-state index contributed by atoms with van der Waals surface area (Å²) in [4.78, 5) is 1.09. The van der Waals surface area contributed by atoms with Gasteiger partial charge in [-0.1, -0.05) is 17.8 Å². The molecule has 1 aliphatic heterocycles. The number of nitrogens with zero attached hydrogens (tertiary/aromatic N) is 4. The Bertz CT molecular complexity index is 626. The molecule has 3 rings (SSSR count). The van der Waals surface area contributed by atoms with E-state index in [0.29, 0.717) is 0 Å². The maximum absolute atomic E-state index is 9.01. The van der Waals surface area contributed by atoms with Gasteiger partial charge in [-0.3, -0.25) is 4.57 Å². The number of ether oxygens (including phenoxy) is 1. The number of hydrogen-bond acceptors (Lipinski definition) is 6. The van der Waals surface area contributed by atoms with Crippen LogP contribution in [0, 0.1) is 11.3 Å². The molecule has 1 saturated heterocycles. The first-order chi connectivity index (χ1) is 10.3. The first-order valence-corrected chi connectivity index (χ1v) is 8.69.